The zero-order chi connectivity index (χ0) is 18.2. The SMILES string of the molecule is C=C(C(=O)OC)[C@]1([C@@H](CC)[N+](=O)[O-])C(=O)N(C)c2ccc(Br)cc21. The van der Waals surface area contributed by atoms with E-state index in [9.17, 15) is 19.7 Å². The van der Waals surface area contributed by atoms with Crippen LogP contribution in [0.25, 0.3) is 0 Å². The molecule has 1 aliphatic rings. The third-order valence-electron chi connectivity index (χ3n) is 4.44. The summed E-state index contributed by atoms with van der Waals surface area (Å²) in [4.78, 5) is 37.8. The normalized spacial score (nSPS) is 20.5. The minimum absolute atomic E-state index is 0.0501. The van der Waals surface area contributed by atoms with Gasteiger partial charge in [0.1, 0.15) is 0 Å². The standard InChI is InChI=1S/C16H17BrN2O5/c1-5-13(19(22)23)16(9(2)14(20)24-4)11-8-10(17)6-7-12(11)18(3)15(16)21/h6-8,13H,2,5H2,1,3-4H3/t13-,16+/m1/s1. The molecule has 1 aromatic carbocycles. The van der Waals surface area contributed by atoms with Gasteiger partial charge in [0.2, 0.25) is 11.9 Å². The summed E-state index contributed by atoms with van der Waals surface area (Å²) in [5, 5.41) is 11.7. The molecule has 2 rings (SSSR count). The van der Waals surface area contributed by atoms with Gasteiger partial charge in [0.25, 0.3) is 0 Å². The topological polar surface area (TPSA) is 89.7 Å². The highest BCUT2D eigenvalue weighted by molar-refractivity contribution is 9.10. The van der Waals surface area contributed by atoms with Crippen LogP contribution in [-0.2, 0) is 19.7 Å². The lowest BCUT2D eigenvalue weighted by molar-refractivity contribution is -0.530. The minimum Gasteiger partial charge on any atom is -0.466 e. The molecule has 0 fully saturated rings. The third kappa shape index (κ3) is 2.32. The lowest BCUT2D eigenvalue weighted by Gasteiger charge is -2.31. The van der Waals surface area contributed by atoms with E-state index in [0.29, 0.717) is 15.7 Å². The molecule has 0 aromatic heterocycles. The molecule has 1 aromatic rings. The molecule has 8 heteroatoms. The lowest BCUT2D eigenvalue weighted by Crippen LogP contribution is -2.53. The lowest BCUT2D eigenvalue weighted by atomic mass is 9.69. The van der Waals surface area contributed by atoms with Crippen molar-refractivity contribution >= 4 is 33.5 Å². The summed E-state index contributed by atoms with van der Waals surface area (Å²) in [6.45, 7) is 5.30. The highest BCUT2D eigenvalue weighted by Gasteiger charge is 2.63. The molecule has 0 N–H and O–H groups in total. The van der Waals surface area contributed by atoms with Crippen molar-refractivity contribution in [3.05, 3.63) is 50.5 Å². The molecule has 0 saturated carbocycles. The Bertz CT molecular complexity index is 748. The smallest absolute Gasteiger partial charge is 0.334 e. The van der Waals surface area contributed by atoms with Gasteiger partial charge in [-0.1, -0.05) is 29.4 Å². The Morgan fingerprint density at radius 3 is 2.67 bits per heavy atom. The minimum atomic E-state index is -1.79. The van der Waals surface area contributed by atoms with Crippen LogP contribution in [-0.4, -0.2) is 37.0 Å². The van der Waals surface area contributed by atoms with Gasteiger partial charge in [0.15, 0.2) is 5.41 Å². The fraction of sp³-hybridized carbons (Fsp3) is 0.375. The maximum atomic E-state index is 13.1. The Morgan fingerprint density at radius 2 is 2.17 bits per heavy atom. The van der Waals surface area contributed by atoms with Crippen LogP contribution in [0.2, 0.25) is 0 Å². The summed E-state index contributed by atoms with van der Waals surface area (Å²) in [6, 6.07) is 3.69. The number of methoxy groups -OCH3 is 1. The van der Waals surface area contributed by atoms with E-state index in [2.05, 4.69) is 22.5 Å². The molecule has 24 heavy (non-hydrogen) atoms. The van der Waals surface area contributed by atoms with Crippen LogP contribution in [0.3, 0.4) is 0 Å². The first kappa shape index (κ1) is 18.1. The van der Waals surface area contributed by atoms with Crippen LogP contribution < -0.4 is 4.90 Å². The van der Waals surface area contributed by atoms with Gasteiger partial charge < -0.3 is 9.64 Å². The monoisotopic (exact) mass is 396 g/mol. The Morgan fingerprint density at radius 1 is 1.54 bits per heavy atom. The van der Waals surface area contributed by atoms with Gasteiger partial charge in [-0.15, -0.1) is 0 Å². The first-order valence-electron chi connectivity index (χ1n) is 7.22. The van der Waals surface area contributed by atoms with Crippen LogP contribution in [0.5, 0.6) is 0 Å². The number of amides is 1. The van der Waals surface area contributed by atoms with Gasteiger partial charge in [-0.05, 0) is 18.2 Å². The van der Waals surface area contributed by atoms with Crippen LogP contribution >= 0.6 is 15.9 Å². The average Bonchev–Trinajstić information content (AvgIpc) is 2.76. The summed E-state index contributed by atoms with van der Waals surface area (Å²) in [5.74, 6) is -1.40. The number of likely N-dealkylation sites (N-methyl/N-ethyl adjacent to an activating group) is 1. The van der Waals surface area contributed by atoms with Crippen molar-refractivity contribution in [3.63, 3.8) is 0 Å². The molecule has 1 amide bonds. The number of hydrogen-bond donors (Lipinski definition) is 0. The fourth-order valence-electron chi connectivity index (χ4n) is 3.32. The molecule has 0 radical (unpaired) electrons. The number of nitro groups is 1. The number of carbonyl (C=O) groups is 2. The van der Waals surface area contributed by atoms with Crippen LogP contribution in [0.1, 0.15) is 18.9 Å². The maximum absolute atomic E-state index is 13.1. The molecule has 0 unspecified atom stereocenters. The van der Waals surface area contributed by atoms with Crippen molar-refractivity contribution in [2.75, 3.05) is 19.1 Å². The number of carbonyl (C=O) groups excluding carboxylic acids is 2. The van der Waals surface area contributed by atoms with E-state index >= 15 is 0 Å². The molecular formula is C16H17BrN2O5. The van der Waals surface area contributed by atoms with Crippen molar-refractivity contribution in [3.8, 4) is 0 Å². The second-order valence-corrected chi connectivity index (χ2v) is 6.43. The number of benzene rings is 1. The number of halogens is 1. The molecule has 0 aliphatic carbocycles. The predicted octanol–water partition coefficient (Wildman–Crippen LogP) is 2.45. The van der Waals surface area contributed by atoms with Crippen molar-refractivity contribution < 1.29 is 19.2 Å². The van der Waals surface area contributed by atoms with Gasteiger partial charge in [-0.25, -0.2) is 4.79 Å². The number of esters is 1. The van der Waals surface area contributed by atoms with E-state index in [0.717, 1.165) is 7.11 Å². The van der Waals surface area contributed by atoms with Gasteiger partial charge in [-0.3, -0.25) is 14.9 Å². The quantitative estimate of drug-likeness (QED) is 0.330. The summed E-state index contributed by atoms with van der Waals surface area (Å²) < 4.78 is 5.35. The summed E-state index contributed by atoms with van der Waals surface area (Å²) >= 11 is 3.32. The second kappa shape index (κ2) is 6.35. The molecule has 1 aliphatic heterocycles. The zero-order valence-electron chi connectivity index (χ0n) is 13.5. The number of anilines is 1. The van der Waals surface area contributed by atoms with Crippen molar-refractivity contribution in [2.45, 2.75) is 24.8 Å². The number of hydrogen-bond acceptors (Lipinski definition) is 5. The van der Waals surface area contributed by atoms with Crippen molar-refractivity contribution in [1.29, 1.82) is 0 Å². The van der Waals surface area contributed by atoms with E-state index < -0.39 is 28.3 Å². The van der Waals surface area contributed by atoms with Crippen LogP contribution in [0.4, 0.5) is 5.69 Å². The Balaban J connectivity index is 2.88. The van der Waals surface area contributed by atoms with Crippen LogP contribution in [0.15, 0.2) is 34.8 Å². The molecular weight excluding hydrogens is 380 g/mol. The van der Waals surface area contributed by atoms with Crippen molar-refractivity contribution in [2.24, 2.45) is 0 Å². The van der Waals surface area contributed by atoms with E-state index in [-0.39, 0.29) is 12.0 Å². The molecule has 128 valence electrons. The molecule has 7 nitrogen and oxygen atoms in total. The fourth-order valence-corrected chi connectivity index (χ4v) is 3.68. The van der Waals surface area contributed by atoms with Crippen molar-refractivity contribution in [1.82, 2.24) is 0 Å². The van der Waals surface area contributed by atoms with Gasteiger partial charge >= 0.3 is 5.97 Å². The molecule has 0 bridgehead atoms. The Kier molecular flexibility index (Phi) is 4.80. The highest BCUT2D eigenvalue weighted by atomic mass is 79.9. The largest absolute Gasteiger partial charge is 0.466 e. The summed E-state index contributed by atoms with van der Waals surface area (Å²) in [6.07, 6.45) is 0.0501. The Hall–Kier alpha value is -2.22. The second-order valence-electron chi connectivity index (χ2n) is 5.51. The number of rotatable bonds is 5. The first-order chi connectivity index (χ1) is 11.2. The van der Waals surface area contributed by atoms with E-state index in [1.54, 1.807) is 25.1 Å². The van der Waals surface area contributed by atoms with E-state index in [1.807, 2.05) is 0 Å². The van der Waals surface area contributed by atoms with Gasteiger partial charge in [0, 0.05) is 34.1 Å². The van der Waals surface area contributed by atoms with E-state index in [4.69, 9.17) is 4.74 Å². The van der Waals surface area contributed by atoms with E-state index in [1.165, 1.54) is 11.9 Å². The summed E-state index contributed by atoms with van der Waals surface area (Å²) in [7, 11) is 2.67. The van der Waals surface area contributed by atoms with Gasteiger partial charge in [0.05, 0.1) is 12.7 Å². The number of fused-ring (bicyclic) bond motifs is 1. The first-order valence-corrected chi connectivity index (χ1v) is 8.02. The molecule has 2 atom stereocenters. The van der Waals surface area contributed by atoms with Gasteiger partial charge in [-0.2, -0.15) is 0 Å². The average molecular weight is 397 g/mol. The molecule has 1 heterocycles. The Labute approximate surface area is 147 Å². The third-order valence-corrected chi connectivity index (χ3v) is 4.93. The molecule has 0 saturated heterocycles. The van der Waals surface area contributed by atoms with Crippen LogP contribution in [0, 0.1) is 10.1 Å². The zero-order valence-corrected chi connectivity index (χ0v) is 15.1. The maximum Gasteiger partial charge on any atom is 0.334 e. The summed E-state index contributed by atoms with van der Waals surface area (Å²) in [5.41, 5.74) is -1.14. The number of nitrogens with zero attached hydrogens (tertiary/aromatic N) is 2. The molecule has 0 spiro atoms. The highest BCUT2D eigenvalue weighted by Crippen LogP contribution is 2.50. The predicted molar refractivity (Wildman–Crippen MR) is 91.5 cm³/mol. The number of ether oxygens (including phenoxy) is 1.